The van der Waals surface area contributed by atoms with E-state index in [0.29, 0.717) is 35.7 Å². The molecule has 4 aromatic rings. The van der Waals surface area contributed by atoms with Crippen molar-refractivity contribution in [2.45, 2.75) is 49.4 Å². The van der Waals surface area contributed by atoms with Gasteiger partial charge in [-0.15, -0.1) is 11.8 Å². The third-order valence-corrected chi connectivity index (χ3v) is 8.01. The van der Waals surface area contributed by atoms with Crippen LogP contribution in [-0.2, 0) is 6.42 Å². The maximum Gasteiger partial charge on any atom is 0.371 e. The summed E-state index contributed by atoms with van der Waals surface area (Å²) in [5, 5.41) is 30.7. The first-order chi connectivity index (χ1) is 21.1. The minimum absolute atomic E-state index is 0.0360. The molecule has 2 aromatic heterocycles. The largest absolute Gasteiger partial charge is 0.507 e. The van der Waals surface area contributed by atoms with Crippen LogP contribution in [-0.4, -0.2) is 38.9 Å². The van der Waals surface area contributed by atoms with E-state index in [9.17, 15) is 29.7 Å². The Morgan fingerprint density at radius 3 is 2.57 bits per heavy atom. The van der Waals surface area contributed by atoms with Gasteiger partial charge in [-0.1, -0.05) is 37.6 Å². The third kappa shape index (κ3) is 8.02. The standard InChI is InChI=1S/C33H31ClO9S/c1-3-8-23-25(13-12-21(19(2)35)31(23)37)41-16-7-5-4-6-9-29(32(38)26-14-15-30(34)43-26)44-20-10-11-22-24(36)18-28(33(39)40)42-27(22)17-20/h4-6,9-15,17-18,29,32,37-38H,3,7-8,16H2,1-2H3,(H,39,40)/b5-4-,9-6+/t29-,32+/m0/s1. The van der Waals surface area contributed by atoms with Crippen molar-refractivity contribution in [1.29, 1.82) is 0 Å². The lowest BCUT2D eigenvalue weighted by Crippen LogP contribution is -2.12. The highest BCUT2D eigenvalue weighted by molar-refractivity contribution is 8.00. The van der Waals surface area contributed by atoms with E-state index in [0.717, 1.165) is 12.5 Å². The predicted molar refractivity (Wildman–Crippen MR) is 168 cm³/mol. The molecule has 3 N–H and O–H groups in total. The van der Waals surface area contributed by atoms with E-state index in [1.165, 1.54) is 24.8 Å². The highest BCUT2D eigenvalue weighted by Crippen LogP contribution is 2.36. The number of aromatic hydroxyl groups is 1. The van der Waals surface area contributed by atoms with Crippen molar-refractivity contribution in [3.8, 4) is 11.5 Å². The number of phenols is 1. The average molecular weight is 639 g/mol. The van der Waals surface area contributed by atoms with Crippen LogP contribution < -0.4 is 10.2 Å². The van der Waals surface area contributed by atoms with Crippen LogP contribution in [0.4, 0.5) is 0 Å². The van der Waals surface area contributed by atoms with Crippen LogP contribution in [0.5, 0.6) is 11.5 Å². The number of ketones is 1. The van der Waals surface area contributed by atoms with Gasteiger partial charge in [-0.05, 0) is 73.8 Å². The zero-order valence-electron chi connectivity index (χ0n) is 24.0. The van der Waals surface area contributed by atoms with Crippen LogP contribution >= 0.6 is 23.4 Å². The number of carboxylic acids is 1. The molecule has 0 bridgehead atoms. The zero-order chi connectivity index (χ0) is 31.8. The van der Waals surface area contributed by atoms with Gasteiger partial charge in [-0.3, -0.25) is 9.59 Å². The maximum absolute atomic E-state index is 12.3. The van der Waals surface area contributed by atoms with Crippen molar-refractivity contribution in [2.75, 3.05) is 6.61 Å². The molecule has 0 radical (unpaired) electrons. The first-order valence-corrected chi connectivity index (χ1v) is 15.1. The Hall–Kier alpha value is -4.25. The minimum Gasteiger partial charge on any atom is -0.507 e. The lowest BCUT2D eigenvalue weighted by molar-refractivity contribution is 0.0662. The number of furan rings is 1. The fourth-order valence-electron chi connectivity index (χ4n) is 4.44. The number of Topliss-reactive ketones (excluding diaryl/α,β-unsaturated/α-hetero) is 1. The SMILES string of the molecule is CCCc1c(OCC/C=C\C=C\[C@H](Sc2ccc3c(=O)cc(C(=O)O)oc3c2)[C@H](O)c2ccc(Cl)o2)ccc(C(C)=O)c1O. The van der Waals surface area contributed by atoms with Gasteiger partial charge in [0, 0.05) is 16.5 Å². The Morgan fingerprint density at radius 2 is 1.89 bits per heavy atom. The maximum atomic E-state index is 12.3. The van der Waals surface area contributed by atoms with Gasteiger partial charge in [0.05, 0.1) is 22.8 Å². The fraction of sp³-hybridized carbons (Fsp3) is 0.242. The third-order valence-electron chi connectivity index (χ3n) is 6.59. The van der Waals surface area contributed by atoms with Gasteiger partial charge in [0.15, 0.2) is 16.4 Å². The molecule has 0 amide bonds. The van der Waals surface area contributed by atoms with Crippen molar-refractivity contribution in [3.05, 3.63) is 111 Å². The summed E-state index contributed by atoms with van der Waals surface area (Å²) in [5.41, 5.74) is 0.533. The quantitative estimate of drug-likeness (QED) is 0.0553. The van der Waals surface area contributed by atoms with Gasteiger partial charge in [0.2, 0.25) is 5.76 Å². The van der Waals surface area contributed by atoms with Crippen LogP contribution in [0.3, 0.4) is 0 Å². The number of allylic oxidation sites excluding steroid dienone is 2. The Morgan fingerprint density at radius 1 is 1.09 bits per heavy atom. The van der Waals surface area contributed by atoms with E-state index in [2.05, 4.69) is 0 Å². The number of aliphatic hydroxyl groups excluding tert-OH is 1. The molecule has 0 saturated carbocycles. The van der Waals surface area contributed by atoms with Crippen molar-refractivity contribution < 1.29 is 38.5 Å². The molecule has 0 spiro atoms. The van der Waals surface area contributed by atoms with Crippen LogP contribution in [0.2, 0.25) is 5.22 Å². The summed E-state index contributed by atoms with van der Waals surface area (Å²) in [6.45, 7) is 3.73. The summed E-state index contributed by atoms with van der Waals surface area (Å²) in [6.07, 6.45) is 8.05. The Balaban J connectivity index is 1.46. The van der Waals surface area contributed by atoms with Crippen LogP contribution in [0.25, 0.3) is 11.0 Å². The molecule has 0 aliphatic heterocycles. The molecule has 4 rings (SSSR count). The molecule has 2 heterocycles. The predicted octanol–water partition coefficient (Wildman–Crippen LogP) is 7.37. The van der Waals surface area contributed by atoms with E-state index in [4.69, 9.17) is 25.2 Å². The second kappa shape index (κ2) is 15.0. The summed E-state index contributed by atoms with van der Waals surface area (Å²) in [7, 11) is 0. The molecule has 0 saturated heterocycles. The van der Waals surface area contributed by atoms with E-state index < -0.39 is 28.5 Å². The van der Waals surface area contributed by atoms with E-state index in [1.54, 1.807) is 54.6 Å². The molecule has 11 heteroatoms. The van der Waals surface area contributed by atoms with Gasteiger partial charge in [0.25, 0.3) is 0 Å². The number of hydrogen-bond acceptors (Lipinski definition) is 9. The smallest absolute Gasteiger partial charge is 0.371 e. The number of rotatable bonds is 14. The van der Waals surface area contributed by atoms with Crippen LogP contribution in [0, 0.1) is 0 Å². The number of aliphatic hydroxyl groups is 1. The number of carbonyl (C=O) groups excluding carboxylic acids is 1. The number of carboxylic acid groups (broad SMARTS) is 1. The summed E-state index contributed by atoms with van der Waals surface area (Å²) < 4.78 is 16.7. The normalized spacial score (nSPS) is 13.1. The number of thioether (sulfide) groups is 1. The van der Waals surface area contributed by atoms with Crippen LogP contribution in [0.1, 0.15) is 65.0 Å². The first kappa shape index (κ1) is 32.7. The molecule has 0 unspecified atom stereocenters. The van der Waals surface area contributed by atoms with Gasteiger partial charge >= 0.3 is 5.97 Å². The number of ether oxygens (including phenoxy) is 1. The van der Waals surface area contributed by atoms with E-state index in [1.807, 2.05) is 13.0 Å². The van der Waals surface area contributed by atoms with Gasteiger partial charge < -0.3 is 28.9 Å². The van der Waals surface area contributed by atoms with Crippen molar-refractivity contribution in [1.82, 2.24) is 0 Å². The highest BCUT2D eigenvalue weighted by Gasteiger charge is 2.23. The Bertz CT molecular complexity index is 1770. The molecule has 44 heavy (non-hydrogen) atoms. The number of aromatic carboxylic acids is 1. The number of carbonyl (C=O) groups is 2. The average Bonchev–Trinajstić information content (AvgIpc) is 3.42. The lowest BCUT2D eigenvalue weighted by Gasteiger charge is -2.18. The number of fused-ring (bicyclic) bond motifs is 1. The highest BCUT2D eigenvalue weighted by atomic mass is 35.5. The van der Waals surface area contributed by atoms with Gasteiger partial charge in [-0.2, -0.15) is 0 Å². The van der Waals surface area contributed by atoms with Crippen molar-refractivity contribution >= 4 is 46.1 Å². The molecule has 2 aromatic carbocycles. The van der Waals surface area contributed by atoms with Gasteiger partial charge in [0.1, 0.15) is 28.9 Å². The molecule has 230 valence electrons. The summed E-state index contributed by atoms with van der Waals surface area (Å²) in [5.74, 6) is -1.26. The summed E-state index contributed by atoms with van der Waals surface area (Å²) in [4.78, 5) is 36.1. The molecule has 0 aliphatic carbocycles. The zero-order valence-corrected chi connectivity index (χ0v) is 25.6. The Labute approximate surface area is 262 Å². The topological polar surface area (TPSA) is 147 Å². The molecule has 0 aliphatic rings. The minimum atomic E-state index is -1.35. The molecule has 2 atom stereocenters. The first-order valence-electron chi connectivity index (χ1n) is 13.8. The number of halogens is 1. The molecule has 0 fully saturated rings. The van der Waals surface area contributed by atoms with Gasteiger partial charge in [-0.25, -0.2) is 4.79 Å². The second-order valence-electron chi connectivity index (χ2n) is 9.80. The summed E-state index contributed by atoms with van der Waals surface area (Å²) >= 11 is 7.18. The molecular weight excluding hydrogens is 608 g/mol. The Kier molecular flexibility index (Phi) is 11.1. The fourth-order valence-corrected chi connectivity index (χ4v) is 5.66. The summed E-state index contributed by atoms with van der Waals surface area (Å²) in [6, 6.07) is 12.1. The lowest BCUT2D eigenvalue weighted by atomic mass is 10.0. The number of phenolic OH excluding ortho intramolecular Hbond substituents is 1. The number of benzene rings is 2. The van der Waals surface area contributed by atoms with Crippen LogP contribution in [0.15, 0.2) is 91.4 Å². The van der Waals surface area contributed by atoms with Crippen molar-refractivity contribution in [2.24, 2.45) is 0 Å². The van der Waals surface area contributed by atoms with E-state index in [-0.39, 0.29) is 39.0 Å². The van der Waals surface area contributed by atoms with Crippen molar-refractivity contribution in [3.63, 3.8) is 0 Å². The molecular formula is C33H31ClO9S. The monoisotopic (exact) mass is 638 g/mol. The molecule has 9 nitrogen and oxygen atoms in total. The second-order valence-corrected chi connectivity index (χ2v) is 11.4. The van der Waals surface area contributed by atoms with E-state index >= 15 is 0 Å². The number of hydrogen-bond donors (Lipinski definition) is 3.